The van der Waals surface area contributed by atoms with Gasteiger partial charge in [-0.3, -0.25) is 0 Å². The number of nitriles is 1. The molecule has 2 unspecified atom stereocenters. The summed E-state index contributed by atoms with van der Waals surface area (Å²) in [5.74, 6) is 0. The summed E-state index contributed by atoms with van der Waals surface area (Å²) in [7, 11) is 0. The molecule has 1 N–H and O–H groups in total. The van der Waals surface area contributed by atoms with Crippen LogP contribution in [0.3, 0.4) is 0 Å². The maximum atomic E-state index is 8.40. The van der Waals surface area contributed by atoms with Gasteiger partial charge in [-0.05, 0) is 13.3 Å². The van der Waals surface area contributed by atoms with Crippen molar-refractivity contribution in [3.8, 4) is 6.19 Å². The Morgan fingerprint density at radius 3 is 2.40 bits per heavy atom. The zero-order valence-corrected chi connectivity index (χ0v) is 8.20. The Hall–Kier alpha value is -0.230. The van der Waals surface area contributed by atoms with Gasteiger partial charge >= 0.3 is 0 Å². The van der Waals surface area contributed by atoms with Crippen LogP contribution in [0.4, 0.5) is 0 Å². The van der Waals surface area contributed by atoms with Gasteiger partial charge in [-0.1, -0.05) is 29.8 Å². The van der Waals surface area contributed by atoms with Crippen molar-refractivity contribution in [2.75, 3.05) is 0 Å². The minimum atomic E-state index is -0.102. The van der Waals surface area contributed by atoms with Gasteiger partial charge in [-0.25, -0.2) is 0 Å². The van der Waals surface area contributed by atoms with E-state index in [1.54, 1.807) is 0 Å². The summed E-state index contributed by atoms with van der Waals surface area (Å²) >= 11 is 3.44. The summed E-state index contributed by atoms with van der Waals surface area (Å²) < 4.78 is 0. The summed E-state index contributed by atoms with van der Waals surface area (Å²) in [5, 5.41) is 11.2. The third kappa shape index (κ3) is 2.18. The first-order chi connectivity index (χ1) is 4.56. The fourth-order valence-corrected chi connectivity index (χ4v) is 1.04. The van der Waals surface area contributed by atoms with Gasteiger partial charge in [0.2, 0.25) is 0 Å². The number of nitrogens with one attached hydrogen (secondary N) is 1. The highest BCUT2D eigenvalue weighted by atomic mass is 79.9. The first-order valence-electron chi connectivity index (χ1n) is 3.37. The second-order valence-electron chi connectivity index (χ2n) is 2.62. The Morgan fingerprint density at radius 1 is 1.80 bits per heavy atom. The molecule has 0 rings (SSSR count). The van der Waals surface area contributed by atoms with Crippen molar-refractivity contribution in [1.29, 1.82) is 5.26 Å². The molecule has 3 heteroatoms. The lowest BCUT2D eigenvalue weighted by atomic mass is 9.96. The van der Waals surface area contributed by atoms with Gasteiger partial charge < -0.3 is 5.32 Å². The molecule has 0 fully saturated rings. The summed E-state index contributed by atoms with van der Waals surface area (Å²) in [6, 6.07) is 0. The molecule has 0 saturated heterocycles. The molecular formula is C7H13BrN2. The molecular weight excluding hydrogens is 192 g/mol. The maximum absolute atomic E-state index is 8.40. The van der Waals surface area contributed by atoms with Gasteiger partial charge in [-0.2, -0.15) is 5.26 Å². The van der Waals surface area contributed by atoms with E-state index in [9.17, 15) is 0 Å². The van der Waals surface area contributed by atoms with E-state index in [0.29, 0.717) is 4.83 Å². The largest absolute Gasteiger partial charge is 0.317 e. The number of hydrogen-bond acceptors (Lipinski definition) is 2. The predicted molar refractivity (Wildman–Crippen MR) is 45.8 cm³/mol. The van der Waals surface area contributed by atoms with E-state index in [0.717, 1.165) is 6.42 Å². The molecule has 0 heterocycles. The molecule has 0 spiro atoms. The van der Waals surface area contributed by atoms with E-state index < -0.39 is 0 Å². The topological polar surface area (TPSA) is 35.8 Å². The second kappa shape index (κ2) is 3.82. The van der Waals surface area contributed by atoms with E-state index >= 15 is 0 Å². The lowest BCUT2D eigenvalue weighted by molar-refractivity contribution is 0.395. The Kier molecular flexibility index (Phi) is 3.73. The van der Waals surface area contributed by atoms with Crippen molar-refractivity contribution >= 4 is 15.9 Å². The molecule has 2 atom stereocenters. The van der Waals surface area contributed by atoms with E-state index in [-0.39, 0.29) is 5.54 Å². The Balaban J connectivity index is 4.11. The van der Waals surface area contributed by atoms with E-state index in [1.165, 1.54) is 0 Å². The maximum Gasteiger partial charge on any atom is 0.177 e. The number of alkyl halides is 1. The van der Waals surface area contributed by atoms with Gasteiger partial charge in [0.25, 0.3) is 0 Å². The average Bonchev–Trinajstić information content (AvgIpc) is 1.88. The van der Waals surface area contributed by atoms with Crippen molar-refractivity contribution in [2.45, 2.75) is 37.6 Å². The monoisotopic (exact) mass is 204 g/mol. The lowest BCUT2D eigenvalue weighted by Crippen LogP contribution is -2.45. The molecule has 0 aliphatic rings. The zero-order chi connectivity index (χ0) is 8.20. The van der Waals surface area contributed by atoms with Gasteiger partial charge in [0.1, 0.15) is 0 Å². The van der Waals surface area contributed by atoms with Crippen LogP contribution in [0.15, 0.2) is 0 Å². The summed E-state index contributed by atoms with van der Waals surface area (Å²) in [6.07, 6.45) is 2.90. The molecule has 2 nitrogen and oxygen atoms in total. The van der Waals surface area contributed by atoms with Crippen LogP contribution in [-0.4, -0.2) is 10.4 Å². The van der Waals surface area contributed by atoms with E-state index in [2.05, 4.69) is 28.2 Å². The van der Waals surface area contributed by atoms with Crippen molar-refractivity contribution in [1.82, 2.24) is 5.32 Å². The standard InChI is InChI=1S/C7H13BrN2/c1-4-7(3,6(2)8)10-5-9/h6,10H,4H2,1-3H3. The normalized spacial score (nSPS) is 18.7. The molecule has 0 aliphatic heterocycles. The highest BCUT2D eigenvalue weighted by Gasteiger charge is 2.26. The van der Waals surface area contributed by atoms with Gasteiger partial charge in [0, 0.05) is 4.83 Å². The molecule has 0 aromatic rings. The lowest BCUT2D eigenvalue weighted by Gasteiger charge is -2.29. The van der Waals surface area contributed by atoms with Crippen LogP contribution in [-0.2, 0) is 0 Å². The number of nitrogens with zero attached hydrogens (tertiary/aromatic N) is 1. The SMILES string of the molecule is CCC(C)(NC#N)C(C)Br. The van der Waals surface area contributed by atoms with E-state index in [4.69, 9.17) is 5.26 Å². The molecule has 0 bridgehead atoms. The molecule has 0 saturated carbocycles. The quantitative estimate of drug-likeness (QED) is 0.434. The van der Waals surface area contributed by atoms with Crippen LogP contribution in [0, 0.1) is 11.5 Å². The fourth-order valence-electron chi connectivity index (χ4n) is 0.597. The summed E-state index contributed by atoms with van der Waals surface area (Å²) in [4.78, 5) is 0.310. The molecule has 0 aromatic carbocycles. The van der Waals surface area contributed by atoms with E-state index in [1.807, 2.05) is 20.0 Å². The van der Waals surface area contributed by atoms with Gasteiger partial charge in [0.15, 0.2) is 6.19 Å². The van der Waals surface area contributed by atoms with Crippen molar-refractivity contribution in [3.05, 3.63) is 0 Å². The first kappa shape index (κ1) is 9.77. The van der Waals surface area contributed by atoms with Crippen LogP contribution in [0.5, 0.6) is 0 Å². The van der Waals surface area contributed by atoms with Crippen molar-refractivity contribution < 1.29 is 0 Å². The summed E-state index contributed by atoms with van der Waals surface area (Å²) in [6.45, 7) is 6.12. The van der Waals surface area contributed by atoms with Crippen molar-refractivity contribution in [3.63, 3.8) is 0 Å². The highest BCUT2D eigenvalue weighted by molar-refractivity contribution is 9.09. The Bertz CT molecular complexity index is 139. The van der Waals surface area contributed by atoms with Crippen LogP contribution in [0.2, 0.25) is 0 Å². The number of halogens is 1. The van der Waals surface area contributed by atoms with Gasteiger partial charge in [0.05, 0.1) is 5.54 Å². The molecule has 0 amide bonds. The zero-order valence-electron chi connectivity index (χ0n) is 6.61. The molecule has 58 valence electrons. The predicted octanol–water partition coefficient (Wildman–Crippen LogP) is 2.01. The number of hydrogen-bond donors (Lipinski definition) is 1. The highest BCUT2D eigenvalue weighted by Crippen LogP contribution is 2.20. The van der Waals surface area contributed by atoms with Crippen molar-refractivity contribution in [2.24, 2.45) is 0 Å². The van der Waals surface area contributed by atoms with Crippen LogP contribution in [0.25, 0.3) is 0 Å². The third-order valence-corrected chi connectivity index (χ3v) is 2.96. The minimum Gasteiger partial charge on any atom is -0.317 e. The Labute approximate surface area is 70.7 Å². The smallest absolute Gasteiger partial charge is 0.177 e. The molecule has 0 aliphatic carbocycles. The average molecular weight is 205 g/mol. The van der Waals surface area contributed by atoms with Crippen LogP contribution >= 0.6 is 15.9 Å². The van der Waals surface area contributed by atoms with Crippen LogP contribution in [0.1, 0.15) is 27.2 Å². The number of rotatable bonds is 3. The molecule has 0 aromatic heterocycles. The molecule has 0 radical (unpaired) electrons. The second-order valence-corrected chi connectivity index (χ2v) is 4.00. The van der Waals surface area contributed by atoms with Gasteiger partial charge in [-0.15, -0.1) is 0 Å². The third-order valence-electron chi connectivity index (χ3n) is 1.95. The minimum absolute atomic E-state index is 0.102. The fraction of sp³-hybridized carbons (Fsp3) is 0.857. The van der Waals surface area contributed by atoms with Crippen LogP contribution < -0.4 is 5.32 Å². The Morgan fingerprint density at radius 2 is 2.30 bits per heavy atom. The summed E-state index contributed by atoms with van der Waals surface area (Å²) in [5.41, 5.74) is -0.102. The molecule has 10 heavy (non-hydrogen) atoms. The first-order valence-corrected chi connectivity index (χ1v) is 4.28.